The maximum atomic E-state index is 11.2. The van der Waals surface area contributed by atoms with E-state index in [1.54, 1.807) is 0 Å². The third kappa shape index (κ3) is 3.95. The fourth-order valence-electron chi connectivity index (χ4n) is 1.25. The largest absolute Gasteiger partial charge is 0.355 e. The minimum atomic E-state index is 0.0228. The minimum absolute atomic E-state index is 0.0228. The lowest BCUT2D eigenvalue weighted by atomic mass is 10.1. The molecule has 1 rings (SSSR count). The number of terminal acetylenes is 1. The quantitative estimate of drug-likeness (QED) is 0.471. The van der Waals surface area contributed by atoms with Gasteiger partial charge in [0, 0.05) is 25.4 Å². The van der Waals surface area contributed by atoms with E-state index in [1.807, 2.05) is 0 Å². The highest BCUT2D eigenvalue weighted by molar-refractivity contribution is 5.76. The van der Waals surface area contributed by atoms with Crippen LogP contribution in [0.5, 0.6) is 0 Å². The van der Waals surface area contributed by atoms with Gasteiger partial charge in [-0.1, -0.05) is 0 Å². The monoisotopic (exact) mass is 180 g/mol. The molecule has 1 fully saturated rings. The molecule has 1 aliphatic rings. The lowest BCUT2D eigenvalue weighted by molar-refractivity contribution is -0.121. The molecule has 0 aromatic carbocycles. The maximum Gasteiger partial charge on any atom is 0.221 e. The predicted molar refractivity (Wildman–Crippen MR) is 51.8 cm³/mol. The Balaban J connectivity index is 2.06. The first-order valence-corrected chi connectivity index (χ1v) is 4.69. The lowest BCUT2D eigenvalue weighted by Gasteiger charge is -2.09. The van der Waals surface area contributed by atoms with Crippen molar-refractivity contribution in [3.8, 4) is 12.3 Å². The van der Waals surface area contributed by atoms with Crippen LogP contribution in [0.4, 0.5) is 0 Å². The van der Waals surface area contributed by atoms with Crippen LogP contribution in [-0.2, 0) is 4.79 Å². The highest BCUT2D eigenvalue weighted by Crippen LogP contribution is 2.32. The molecular formula is C10H16N2O. The molecule has 0 spiro atoms. The number of amides is 1. The van der Waals surface area contributed by atoms with E-state index in [0.717, 1.165) is 0 Å². The summed E-state index contributed by atoms with van der Waals surface area (Å²) in [7, 11) is 0. The molecule has 72 valence electrons. The van der Waals surface area contributed by atoms with Gasteiger partial charge in [-0.2, -0.15) is 0 Å². The van der Waals surface area contributed by atoms with Gasteiger partial charge in [0.15, 0.2) is 0 Å². The van der Waals surface area contributed by atoms with E-state index in [2.05, 4.69) is 11.2 Å². The summed E-state index contributed by atoms with van der Waals surface area (Å²) in [5, 5.41) is 2.74. The molecule has 0 radical (unpaired) electrons. The second-order valence-electron chi connectivity index (χ2n) is 3.51. The van der Waals surface area contributed by atoms with Crippen LogP contribution in [0.15, 0.2) is 0 Å². The third-order valence-corrected chi connectivity index (χ3v) is 2.24. The fourth-order valence-corrected chi connectivity index (χ4v) is 1.25. The molecule has 1 amide bonds. The van der Waals surface area contributed by atoms with E-state index in [0.29, 0.717) is 25.3 Å². The van der Waals surface area contributed by atoms with Crippen molar-refractivity contribution in [1.82, 2.24) is 5.32 Å². The van der Waals surface area contributed by atoms with Gasteiger partial charge < -0.3 is 11.1 Å². The normalized spacial score (nSPS) is 17.5. The molecule has 0 aromatic rings. The number of rotatable bonds is 5. The summed E-state index contributed by atoms with van der Waals surface area (Å²) in [6.07, 6.45) is 8.43. The number of nitrogens with two attached hydrogens (primary N) is 1. The van der Waals surface area contributed by atoms with Crippen molar-refractivity contribution in [3.05, 3.63) is 0 Å². The Morgan fingerprint density at radius 3 is 2.92 bits per heavy atom. The number of carbonyl (C=O) groups excluding carboxylic acids is 1. The molecule has 0 bridgehead atoms. The third-order valence-electron chi connectivity index (χ3n) is 2.24. The Morgan fingerprint density at radius 2 is 2.38 bits per heavy atom. The zero-order valence-corrected chi connectivity index (χ0v) is 7.75. The fraction of sp³-hybridized carbons (Fsp3) is 0.700. The van der Waals surface area contributed by atoms with E-state index in [9.17, 15) is 4.79 Å². The molecule has 0 aliphatic heterocycles. The van der Waals surface area contributed by atoms with Gasteiger partial charge in [-0.25, -0.2) is 0 Å². The van der Waals surface area contributed by atoms with Crippen molar-refractivity contribution >= 4 is 5.91 Å². The second kappa shape index (κ2) is 4.88. The highest BCUT2D eigenvalue weighted by Gasteiger charge is 2.29. The highest BCUT2D eigenvalue weighted by atomic mass is 16.1. The zero-order chi connectivity index (χ0) is 9.68. The van der Waals surface area contributed by atoms with Crippen molar-refractivity contribution in [2.45, 2.75) is 31.7 Å². The van der Waals surface area contributed by atoms with E-state index in [1.165, 1.54) is 12.8 Å². The van der Waals surface area contributed by atoms with Gasteiger partial charge in [-0.3, -0.25) is 4.79 Å². The van der Waals surface area contributed by atoms with Crippen molar-refractivity contribution in [2.75, 3.05) is 6.54 Å². The van der Waals surface area contributed by atoms with Crippen LogP contribution in [0, 0.1) is 18.3 Å². The summed E-state index contributed by atoms with van der Waals surface area (Å²) >= 11 is 0. The first-order valence-electron chi connectivity index (χ1n) is 4.69. The van der Waals surface area contributed by atoms with Gasteiger partial charge in [0.1, 0.15) is 0 Å². The van der Waals surface area contributed by atoms with Crippen LogP contribution >= 0.6 is 0 Å². The molecule has 0 saturated heterocycles. The van der Waals surface area contributed by atoms with Crippen LogP contribution in [0.25, 0.3) is 0 Å². The number of hydrogen-bond donors (Lipinski definition) is 2. The molecule has 3 heteroatoms. The van der Waals surface area contributed by atoms with Gasteiger partial charge in [-0.05, 0) is 18.8 Å². The Morgan fingerprint density at radius 1 is 1.69 bits per heavy atom. The van der Waals surface area contributed by atoms with E-state index < -0.39 is 0 Å². The molecule has 0 aromatic heterocycles. The van der Waals surface area contributed by atoms with Gasteiger partial charge in [-0.15, -0.1) is 12.3 Å². The summed E-state index contributed by atoms with van der Waals surface area (Å²) < 4.78 is 0. The van der Waals surface area contributed by atoms with Crippen LogP contribution in [0.3, 0.4) is 0 Å². The van der Waals surface area contributed by atoms with Gasteiger partial charge >= 0.3 is 0 Å². The van der Waals surface area contributed by atoms with E-state index in [4.69, 9.17) is 12.2 Å². The molecule has 0 heterocycles. The maximum absolute atomic E-state index is 11.2. The van der Waals surface area contributed by atoms with Gasteiger partial charge in [0.05, 0.1) is 0 Å². The SMILES string of the molecule is C#CCCNC(=O)CC(N)C1CC1. The van der Waals surface area contributed by atoms with E-state index >= 15 is 0 Å². The molecule has 1 aliphatic carbocycles. The average molecular weight is 180 g/mol. The molecule has 1 unspecified atom stereocenters. The van der Waals surface area contributed by atoms with Crippen molar-refractivity contribution in [1.29, 1.82) is 0 Å². The standard InChI is InChI=1S/C10H16N2O/c1-2-3-6-12-10(13)7-9(11)8-4-5-8/h1,8-9H,3-7,11H2,(H,12,13). The van der Waals surface area contributed by atoms with Crippen molar-refractivity contribution < 1.29 is 4.79 Å². The van der Waals surface area contributed by atoms with Crippen LogP contribution in [-0.4, -0.2) is 18.5 Å². The summed E-state index contributed by atoms with van der Waals surface area (Å²) in [6.45, 7) is 0.562. The molecule has 1 atom stereocenters. The Bertz CT molecular complexity index is 215. The summed E-state index contributed by atoms with van der Waals surface area (Å²) in [6, 6.07) is 0.0471. The Labute approximate surface area is 79.1 Å². The second-order valence-corrected chi connectivity index (χ2v) is 3.51. The Kier molecular flexibility index (Phi) is 3.78. The predicted octanol–water partition coefficient (Wildman–Crippen LogP) is 0.253. The number of carbonyl (C=O) groups is 1. The molecule has 13 heavy (non-hydrogen) atoms. The first kappa shape index (κ1) is 10.1. The first-order chi connectivity index (χ1) is 6.24. The smallest absolute Gasteiger partial charge is 0.221 e. The van der Waals surface area contributed by atoms with Gasteiger partial charge in [0.2, 0.25) is 5.91 Å². The lowest BCUT2D eigenvalue weighted by Crippen LogP contribution is -2.33. The van der Waals surface area contributed by atoms with Crippen LogP contribution in [0.2, 0.25) is 0 Å². The summed E-state index contributed by atoms with van der Waals surface area (Å²) in [5.41, 5.74) is 5.78. The van der Waals surface area contributed by atoms with Crippen LogP contribution in [0.1, 0.15) is 25.7 Å². The zero-order valence-electron chi connectivity index (χ0n) is 7.75. The topological polar surface area (TPSA) is 55.1 Å². The molecule has 3 nitrogen and oxygen atoms in total. The average Bonchev–Trinajstić information content (AvgIpc) is 2.86. The van der Waals surface area contributed by atoms with Gasteiger partial charge in [0.25, 0.3) is 0 Å². The van der Waals surface area contributed by atoms with Crippen LogP contribution < -0.4 is 11.1 Å². The van der Waals surface area contributed by atoms with Crippen molar-refractivity contribution in [2.24, 2.45) is 11.7 Å². The summed E-state index contributed by atoms with van der Waals surface area (Å²) in [4.78, 5) is 11.2. The Hall–Kier alpha value is -1.01. The minimum Gasteiger partial charge on any atom is -0.355 e. The molecular weight excluding hydrogens is 164 g/mol. The number of nitrogens with one attached hydrogen (secondary N) is 1. The molecule has 1 saturated carbocycles. The number of hydrogen-bond acceptors (Lipinski definition) is 2. The molecule has 3 N–H and O–H groups in total. The summed E-state index contributed by atoms with van der Waals surface area (Å²) in [5.74, 6) is 3.07. The van der Waals surface area contributed by atoms with Crippen molar-refractivity contribution in [3.63, 3.8) is 0 Å². The van der Waals surface area contributed by atoms with E-state index in [-0.39, 0.29) is 11.9 Å².